The summed E-state index contributed by atoms with van der Waals surface area (Å²) in [5, 5.41) is 8.93. The molecule has 106 valence electrons. The molecule has 0 radical (unpaired) electrons. The van der Waals surface area contributed by atoms with Crippen LogP contribution < -0.4 is 9.64 Å². The summed E-state index contributed by atoms with van der Waals surface area (Å²) in [7, 11) is 1.60. The maximum atomic E-state index is 12.0. The van der Waals surface area contributed by atoms with E-state index < -0.39 is 0 Å². The van der Waals surface area contributed by atoms with Crippen LogP contribution >= 0.6 is 0 Å². The molecular weight excluding hydrogens is 264 g/mol. The minimum absolute atomic E-state index is 0.0898. The quantitative estimate of drug-likeness (QED) is 0.863. The second-order valence-corrected chi connectivity index (χ2v) is 4.67. The number of amides is 1. The fourth-order valence-electron chi connectivity index (χ4n) is 2.20. The number of hydrogen-bond donors (Lipinski definition) is 0. The highest BCUT2D eigenvalue weighted by Crippen LogP contribution is 2.30. The molecule has 0 aliphatic carbocycles. The number of benzene rings is 2. The lowest BCUT2D eigenvalue weighted by Gasteiger charge is -2.23. The second kappa shape index (κ2) is 6.10. The minimum atomic E-state index is -0.0898. The minimum Gasteiger partial charge on any atom is -0.497 e. The number of carbonyl (C=O) groups is 1. The predicted octanol–water partition coefficient (Wildman–Crippen LogP) is 3.56. The SMILES string of the molecule is COc1ccc(N(C(C)=O)c2ccc(C#N)cc2C)cc1. The third-order valence-corrected chi connectivity index (χ3v) is 3.21. The summed E-state index contributed by atoms with van der Waals surface area (Å²) in [4.78, 5) is 13.7. The molecule has 0 atom stereocenters. The van der Waals surface area contributed by atoms with Crippen LogP contribution in [0.1, 0.15) is 18.1 Å². The van der Waals surface area contributed by atoms with Gasteiger partial charge < -0.3 is 4.74 Å². The summed E-state index contributed by atoms with van der Waals surface area (Å²) >= 11 is 0. The first-order chi connectivity index (χ1) is 10.1. The van der Waals surface area contributed by atoms with Crippen LogP contribution in [0.3, 0.4) is 0 Å². The van der Waals surface area contributed by atoms with Crippen LogP contribution in [-0.2, 0) is 4.79 Å². The van der Waals surface area contributed by atoms with E-state index in [1.807, 2.05) is 31.2 Å². The predicted molar refractivity (Wildman–Crippen MR) is 81.7 cm³/mol. The van der Waals surface area contributed by atoms with E-state index in [4.69, 9.17) is 10.00 Å². The first kappa shape index (κ1) is 14.6. The molecule has 1 amide bonds. The number of carbonyl (C=O) groups excluding carboxylic acids is 1. The number of aryl methyl sites for hydroxylation is 1. The highest BCUT2D eigenvalue weighted by molar-refractivity contribution is 5.99. The normalized spacial score (nSPS) is 9.81. The van der Waals surface area contributed by atoms with Crippen molar-refractivity contribution in [3.63, 3.8) is 0 Å². The van der Waals surface area contributed by atoms with Crippen LogP contribution in [-0.4, -0.2) is 13.0 Å². The molecule has 21 heavy (non-hydrogen) atoms. The second-order valence-electron chi connectivity index (χ2n) is 4.67. The van der Waals surface area contributed by atoms with Crippen molar-refractivity contribution < 1.29 is 9.53 Å². The van der Waals surface area contributed by atoms with Crippen LogP contribution in [0.4, 0.5) is 11.4 Å². The lowest BCUT2D eigenvalue weighted by atomic mass is 10.1. The van der Waals surface area contributed by atoms with Crippen LogP contribution in [0.15, 0.2) is 42.5 Å². The molecule has 4 nitrogen and oxygen atoms in total. The Labute approximate surface area is 124 Å². The summed E-state index contributed by atoms with van der Waals surface area (Å²) < 4.78 is 5.13. The van der Waals surface area contributed by atoms with E-state index in [-0.39, 0.29) is 5.91 Å². The Morgan fingerprint density at radius 1 is 1.19 bits per heavy atom. The Kier molecular flexibility index (Phi) is 4.24. The average Bonchev–Trinajstić information content (AvgIpc) is 2.49. The zero-order valence-corrected chi connectivity index (χ0v) is 12.3. The fourth-order valence-corrected chi connectivity index (χ4v) is 2.20. The molecule has 0 fully saturated rings. The molecule has 4 heteroatoms. The first-order valence-electron chi connectivity index (χ1n) is 6.52. The van der Waals surface area contributed by atoms with E-state index in [9.17, 15) is 4.79 Å². The Morgan fingerprint density at radius 2 is 1.86 bits per heavy atom. The molecule has 0 heterocycles. The van der Waals surface area contributed by atoms with Crippen molar-refractivity contribution in [3.05, 3.63) is 53.6 Å². The van der Waals surface area contributed by atoms with Crippen LogP contribution in [0, 0.1) is 18.3 Å². The van der Waals surface area contributed by atoms with Crippen LogP contribution in [0.25, 0.3) is 0 Å². The molecule has 2 aromatic carbocycles. The van der Waals surface area contributed by atoms with E-state index in [0.717, 1.165) is 22.7 Å². The smallest absolute Gasteiger partial charge is 0.228 e. The summed E-state index contributed by atoms with van der Waals surface area (Å²) in [6.07, 6.45) is 0. The molecule has 0 N–H and O–H groups in total. The van der Waals surface area contributed by atoms with Crippen molar-refractivity contribution in [2.45, 2.75) is 13.8 Å². The number of ether oxygens (including phenoxy) is 1. The van der Waals surface area contributed by atoms with E-state index in [1.54, 1.807) is 30.2 Å². The molecule has 0 saturated carbocycles. The standard InChI is InChI=1S/C17H16N2O2/c1-12-10-14(11-18)4-9-17(12)19(13(2)20)15-5-7-16(21-3)8-6-15/h4-10H,1-3H3. The Bertz CT molecular complexity index is 700. The number of nitriles is 1. The Balaban J connectivity index is 2.48. The topological polar surface area (TPSA) is 53.3 Å². The van der Waals surface area contributed by atoms with Crippen molar-refractivity contribution in [1.29, 1.82) is 5.26 Å². The van der Waals surface area contributed by atoms with Gasteiger partial charge in [0.05, 0.1) is 24.4 Å². The number of hydrogen-bond acceptors (Lipinski definition) is 3. The van der Waals surface area contributed by atoms with Gasteiger partial charge in [-0.2, -0.15) is 5.26 Å². The van der Waals surface area contributed by atoms with Gasteiger partial charge in [-0.25, -0.2) is 0 Å². The molecule has 2 aromatic rings. The Hall–Kier alpha value is -2.80. The molecule has 0 saturated heterocycles. The van der Waals surface area contributed by atoms with Crippen LogP contribution in [0.2, 0.25) is 0 Å². The van der Waals surface area contributed by atoms with Gasteiger partial charge in [0.25, 0.3) is 0 Å². The number of rotatable bonds is 3. The molecule has 0 aliphatic heterocycles. The highest BCUT2D eigenvalue weighted by Gasteiger charge is 2.16. The summed E-state index contributed by atoms with van der Waals surface area (Å²) in [6.45, 7) is 3.40. The molecule has 2 rings (SSSR count). The zero-order valence-electron chi connectivity index (χ0n) is 12.3. The summed E-state index contributed by atoms with van der Waals surface area (Å²) in [6, 6.07) is 14.7. The van der Waals surface area contributed by atoms with Gasteiger partial charge in [-0.1, -0.05) is 0 Å². The lowest BCUT2D eigenvalue weighted by Crippen LogP contribution is -2.23. The Morgan fingerprint density at radius 3 is 2.33 bits per heavy atom. The maximum Gasteiger partial charge on any atom is 0.228 e. The summed E-state index contributed by atoms with van der Waals surface area (Å²) in [5.41, 5.74) is 2.98. The van der Waals surface area contributed by atoms with E-state index in [0.29, 0.717) is 5.56 Å². The monoisotopic (exact) mass is 280 g/mol. The highest BCUT2D eigenvalue weighted by atomic mass is 16.5. The van der Waals surface area contributed by atoms with Crippen molar-refractivity contribution in [1.82, 2.24) is 0 Å². The molecule has 0 unspecified atom stereocenters. The molecule has 0 aromatic heterocycles. The number of methoxy groups -OCH3 is 1. The van der Waals surface area contributed by atoms with E-state index >= 15 is 0 Å². The number of nitrogens with zero attached hydrogens (tertiary/aromatic N) is 2. The molecule has 0 aliphatic rings. The average molecular weight is 280 g/mol. The third kappa shape index (κ3) is 3.03. The van der Waals surface area contributed by atoms with Gasteiger partial charge in [0, 0.05) is 12.6 Å². The van der Waals surface area contributed by atoms with Crippen molar-refractivity contribution in [2.75, 3.05) is 12.0 Å². The molecule has 0 spiro atoms. The molecule has 0 bridgehead atoms. The number of anilines is 2. The van der Waals surface area contributed by atoms with E-state index in [1.165, 1.54) is 6.92 Å². The first-order valence-corrected chi connectivity index (χ1v) is 6.52. The van der Waals surface area contributed by atoms with Gasteiger partial charge in [-0.3, -0.25) is 9.69 Å². The third-order valence-electron chi connectivity index (χ3n) is 3.21. The summed E-state index contributed by atoms with van der Waals surface area (Å²) in [5.74, 6) is 0.645. The van der Waals surface area contributed by atoms with Crippen LogP contribution in [0.5, 0.6) is 5.75 Å². The maximum absolute atomic E-state index is 12.0. The fraction of sp³-hybridized carbons (Fsp3) is 0.176. The molecular formula is C17H16N2O2. The lowest BCUT2D eigenvalue weighted by molar-refractivity contribution is -0.115. The van der Waals surface area contributed by atoms with Crippen molar-refractivity contribution in [2.24, 2.45) is 0 Å². The van der Waals surface area contributed by atoms with Gasteiger partial charge in [0.15, 0.2) is 0 Å². The largest absolute Gasteiger partial charge is 0.497 e. The van der Waals surface area contributed by atoms with Gasteiger partial charge >= 0.3 is 0 Å². The van der Waals surface area contributed by atoms with Crippen molar-refractivity contribution >= 4 is 17.3 Å². The van der Waals surface area contributed by atoms with Gasteiger partial charge in [-0.15, -0.1) is 0 Å². The zero-order chi connectivity index (χ0) is 15.4. The van der Waals surface area contributed by atoms with Gasteiger partial charge in [0.1, 0.15) is 5.75 Å². The van der Waals surface area contributed by atoms with Gasteiger partial charge in [0.2, 0.25) is 5.91 Å². The van der Waals surface area contributed by atoms with Gasteiger partial charge in [-0.05, 0) is 55.0 Å². The van der Waals surface area contributed by atoms with Crippen molar-refractivity contribution in [3.8, 4) is 11.8 Å². The van der Waals surface area contributed by atoms with E-state index in [2.05, 4.69) is 6.07 Å².